The van der Waals surface area contributed by atoms with Crippen molar-refractivity contribution in [2.24, 2.45) is 5.73 Å². The van der Waals surface area contributed by atoms with Crippen LogP contribution in [-0.4, -0.2) is 21.0 Å². The van der Waals surface area contributed by atoms with Gasteiger partial charge in [-0.05, 0) is 26.2 Å². The molecule has 0 aromatic carbocycles. The monoisotopic (exact) mass is 222 g/mol. The maximum atomic E-state index is 5.69. The second kappa shape index (κ2) is 4.63. The van der Waals surface area contributed by atoms with E-state index >= 15 is 0 Å². The summed E-state index contributed by atoms with van der Waals surface area (Å²) in [6.45, 7) is 2.03. The molecular weight excluding hydrogens is 208 g/mol. The molecule has 1 unspecified atom stereocenters. The van der Waals surface area contributed by atoms with E-state index in [0.717, 1.165) is 34.7 Å². The standard InChI is InChI=1S/C10H14N4S/c1-7(11)3-2-4-8-14-9-10(15-8)13-6-5-12-9/h5-7H,2-4,11H2,1H3. The van der Waals surface area contributed by atoms with Crippen LogP contribution in [0.2, 0.25) is 0 Å². The Morgan fingerprint density at radius 1 is 1.40 bits per heavy atom. The molecule has 0 aliphatic rings. The highest BCUT2D eigenvalue weighted by Gasteiger charge is 2.05. The van der Waals surface area contributed by atoms with E-state index in [1.807, 2.05) is 6.92 Å². The van der Waals surface area contributed by atoms with Crippen molar-refractivity contribution in [1.29, 1.82) is 0 Å². The van der Waals surface area contributed by atoms with Crippen molar-refractivity contribution in [1.82, 2.24) is 15.0 Å². The normalized spacial score (nSPS) is 13.2. The van der Waals surface area contributed by atoms with E-state index < -0.39 is 0 Å². The zero-order valence-corrected chi connectivity index (χ0v) is 9.50. The molecule has 0 radical (unpaired) electrons. The summed E-state index contributed by atoms with van der Waals surface area (Å²) < 4.78 is 0. The molecule has 2 aromatic rings. The molecule has 15 heavy (non-hydrogen) atoms. The SMILES string of the molecule is CC(N)CCCc1nc2nccnc2s1. The van der Waals surface area contributed by atoms with E-state index in [4.69, 9.17) is 5.73 Å². The highest BCUT2D eigenvalue weighted by Crippen LogP contribution is 2.19. The fourth-order valence-corrected chi connectivity index (χ4v) is 2.31. The van der Waals surface area contributed by atoms with Gasteiger partial charge in [-0.2, -0.15) is 0 Å². The van der Waals surface area contributed by atoms with Gasteiger partial charge < -0.3 is 5.73 Å². The van der Waals surface area contributed by atoms with Gasteiger partial charge in [0.05, 0.1) is 5.01 Å². The second-order valence-corrected chi connectivity index (χ2v) is 4.72. The Hall–Kier alpha value is -1.07. The number of hydrogen-bond donors (Lipinski definition) is 1. The molecule has 0 amide bonds. The van der Waals surface area contributed by atoms with E-state index in [1.54, 1.807) is 23.7 Å². The fraction of sp³-hybridized carbons (Fsp3) is 0.500. The summed E-state index contributed by atoms with van der Waals surface area (Å²) in [4.78, 5) is 13.7. The zero-order valence-electron chi connectivity index (χ0n) is 8.68. The zero-order chi connectivity index (χ0) is 10.7. The molecule has 4 nitrogen and oxygen atoms in total. The molecule has 80 valence electrons. The quantitative estimate of drug-likeness (QED) is 0.856. The Bertz CT molecular complexity index is 405. The maximum absolute atomic E-state index is 5.69. The minimum absolute atomic E-state index is 0.274. The van der Waals surface area contributed by atoms with Crippen molar-refractivity contribution < 1.29 is 0 Å². The molecule has 2 heterocycles. The van der Waals surface area contributed by atoms with Crippen molar-refractivity contribution >= 4 is 21.8 Å². The van der Waals surface area contributed by atoms with E-state index in [-0.39, 0.29) is 6.04 Å². The van der Waals surface area contributed by atoms with Gasteiger partial charge in [0.1, 0.15) is 0 Å². The lowest BCUT2D eigenvalue weighted by atomic mass is 10.1. The van der Waals surface area contributed by atoms with Crippen molar-refractivity contribution in [3.05, 3.63) is 17.4 Å². The molecule has 0 bridgehead atoms. The van der Waals surface area contributed by atoms with Gasteiger partial charge in [0, 0.05) is 18.4 Å². The molecule has 0 aliphatic carbocycles. The molecule has 2 rings (SSSR count). The van der Waals surface area contributed by atoms with Crippen LogP contribution >= 0.6 is 11.3 Å². The summed E-state index contributed by atoms with van der Waals surface area (Å²) in [6.07, 6.45) is 6.47. The Morgan fingerprint density at radius 3 is 2.93 bits per heavy atom. The molecule has 0 spiro atoms. The van der Waals surface area contributed by atoms with E-state index in [1.165, 1.54) is 0 Å². The van der Waals surface area contributed by atoms with Crippen LogP contribution in [0, 0.1) is 0 Å². The topological polar surface area (TPSA) is 64.7 Å². The third kappa shape index (κ3) is 2.70. The second-order valence-electron chi connectivity index (χ2n) is 3.66. The number of fused-ring (bicyclic) bond motifs is 1. The van der Waals surface area contributed by atoms with Gasteiger partial charge in [0.2, 0.25) is 0 Å². The van der Waals surface area contributed by atoms with Crippen molar-refractivity contribution in [3.8, 4) is 0 Å². The lowest BCUT2D eigenvalue weighted by molar-refractivity contribution is 0.623. The molecule has 0 aliphatic heterocycles. The molecule has 0 saturated carbocycles. The summed E-state index contributed by atoms with van der Waals surface area (Å²) in [5.41, 5.74) is 6.45. The Morgan fingerprint density at radius 2 is 2.20 bits per heavy atom. The van der Waals surface area contributed by atoms with Crippen LogP contribution in [0.15, 0.2) is 12.4 Å². The number of aryl methyl sites for hydroxylation is 1. The van der Waals surface area contributed by atoms with Crippen LogP contribution in [0.5, 0.6) is 0 Å². The molecule has 2 aromatic heterocycles. The molecular formula is C10H14N4S. The van der Waals surface area contributed by atoms with E-state index in [0.29, 0.717) is 0 Å². The largest absolute Gasteiger partial charge is 0.328 e. The Kier molecular flexibility index (Phi) is 3.23. The summed E-state index contributed by atoms with van der Waals surface area (Å²) in [5.74, 6) is 0. The van der Waals surface area contributed by atoms with Crippen LogP contribution in [0.25, 0.3) is 10.5 Å². The van der Waals surface area contributed by atoms with Gasteiger partial charge >= 0.3 is 0 Å². The number of rotatable bonds is 4. The molecule has 0 saturated heterocycles. The van der Waals surface area contributed by atoms with Crippen LogP contribution in [-0.2, 0) is 6.42 Å². The summed E-state index contributed by atoms with van der Waals surface area (Å²) >= 11 is 1.62. The minimum Gasteiger partial charge on any atom is -0.328 e. The van der Waals surface area contributed by atoms with Crippen LogP contribution in [0.3, 0.4) is 0 Å². The van der Waals surface area contributed by atoms with Crippen LogP contribution in [0.4, 0.5) is 0 Å². The first-order valence-corrected chi connectivity index (χ1v) is 5.89. The van der Waals surface area contributed by atoms with E-state index in [9.17, 15) is 0 Å². The molecule has 2 N–H and O–H groups in total. The molecule has 1 atom stereocenters. The Labute approximate surface area is 92.6 Å². The first kappa shape index (κ1) is 10.4. The lowest BCUT2D eigenvalue weighted by Crippen LogP contribution is -2.14. The maximum Gasteiger partial charge on any atom is 0.189 e. The Balaban J connectivity index is 2.03. The number of aromatic nitrogens is 3. The number of nitrogens with two attached hydrogens (primary N) is 1. The van der Waals surface area contributed by atoms with Gasteiger partial charge in [-0.25, -0.2) is 15.0 Å². The minimum atomic E-state index is 0.274. The summed E-state index contributed by atoms with van der Waals surface area (Å²) in [6, 6.07) is 0.274. The number of thiazole rings is 1. The predicted octanol–water partition coefficient (Wildman–Crippen LogP) is 1.76. The molecule has 5 heteroatoms. The smallest absolute Gasteiger partial charge is 0.189 e. The van der Waals surface area contributed by atoms with Gasteiger partial charge in [-0.3, -0.25) is 0 Å². The van der Waals surface area contributed by atoms with Crippen LogP contribution in [0.1, 0.15) is 24.8 Å². The van der Waals surface area contributed by atoms with Crippen molar-refractivity contribution in [3.63, 3.8) is 0 Å². The van der Waals surface area contributed by atoms with Gasteiger partial charge in [-0.15, -0.1) is 0 Å². The molecule has 0 fully saturated rings. The van der Waals surface area contributed by atoms with Crippen molar-refractivity contribution in [2.75, 3.05) is 0 Å². The first-order chi connectivity index (χ1) is 7.25. The third-order valence-electron chi connectivity index (χ3n) is 2.14. The van der Waals surface area contributed by atoms with Gasteiger partial charge in [0.15, 0.2) is 10.5 Å². The predicted molar refractivity (Wildman–Crippen MR) is 61.8 cm³/mol. The highest BCUT2D eigenvalue weighted by atomic mass is 32.1. The van der Waals surface area contributed by atoms with Gasteiger partial charge in [-0.1, -0.05) is 11.3 Å². The highest BCUT2D eigenvalue weighted by molar-refractivity contribution is 7.18. The third-order valence-corrected chi connectivity index (χ3v) is 3.15. The van der Waals surface area contributed by atoms with Crippen molar-refractivity contribution in [2.45, 2.75) is 32.2 Å². The fourth-order valence-electron chi connectivity index (χ4n) is 1.40. The number of nitrogens with zero attached hydrogens (tertiary/aromatic N) is 3. The summed E-state index contributed by atoms with van der Waals surface area (Å²) in [7, 11) is 0. The lowest BCUT2D eigenvalue weighted by Gasteiger charge is -2.01. The first-order valence-electron chi connectivity index (χ1n) is 5.07. The summed E-state index contributed by atoms with van der Waals surface area (Å²) in [5, 5.41) is 1.11. The van der Waals surface area contributed by atoms with Crippen LogP contribution < -0.4 is 5.73 Å². The average molecular weight is 222 g/mol. The van der Waals surface area contributed by atoms with Gasteiger partial charge in [0.25, 0.3) is 0 Å². The number of hydrogen-bond acceptors (Lipinski definition) is 5. The average Bonchev–Trinajstić information content (AvgIpc) is 2.59. The van der Waals surface area contributed by atoms with E-state index in [2.05, 4.69) is 15.0 Å².